The fourth-order valence-electron chi connectivity index (χ4n) is 3.15. The number of nitrogens with zero attached hydrogens (tertiary/aromatic N) is 2. The fourth-order valence-corrected chi connectivity index (χ4v) is 6.72. The third-order valence-electron chi connectivity index (χ3n) is 5.00. The van der Waals surface area contributed by atoms with Gasteiger partial charge in [0.25, 0.3) is 0 Å². The van der Waals surface area contributed by atoms with Crippen LogP contribution in [-0.4, -0.2) is 0 Å². The van der Waals surface area contributed by atoms with Gasteiger partial charge in [0.1, 0.15) is 0 Å². The van der Waals surface area contributed by atoms with Crippen LogP contribution in [0.25, 0.3) is 0 Å². The van der Waals surface area contributed by atoms with E-state index in [2.05, 4.69) is 75.2 Å². The van der Waals surface area contributed by atoms with Crippen LogP contribution in [0.5, 0.6) is 0 Å². The Labute approximate surface area is 257 Å². The number of hydrogen-bond acceptors (Lipinski definition) is 2. The predicted octanol–water partition coefficient (Wildman–Crippen LogP) is 7.11. The predicted molar refractivity (Wildman–Crippen MR) is 156 cm³/mol. The maximum absolute atomic E-state index is 6.25. The number of rotatable bonds is 4. The van der Waals surface area contributed by atoms with Gasteiger partial charge >= 0.3 is 22.4 Å². The van der Waals surface area contributed by atoms with E-state index in [-0.39, 0.29) is 52.2 Å². The summed E-state index contributed by atoms with van der Waals surface area (Å²) in [5.41, 5.74) is 0. The van der Waals surface area contributed by atoms with Crippen LogP contribution in [0.15, 0.2) is 121 Å². The first-order valence-corrected chi connectivity index (χ1v) is 14.6. The Balaban J connectivity index is -0.000000514. The van der Waals surface area contributed by atoms with Crippen molar-refractivity contribution in [3.05, 3.63) is 169 Å². The monoisotopic (exact) mass is 887 g/mol. The summed E-state index contributed by atoms with van der Waals surface area (Å²) in [5, 5.41) is 17.5. The molecule has 0 heterocycles. The minimum atomic E-state index is -1.65. The molecule has 37 heavy (non-hydrogen) atoms. The van der Waals surface area contributed by atoms with Gasteiger partial charge in [-0.2, -0.15) is 41.2 Å². The molecule has 0 unspecified atom stereocenters. The van der Waals surface area contributed by atoms with Crippen molar-refractivity contribution in [1.29, 1.82) is 10.5 Å². The maximum Gasteiger partial charge on any atom is 3.00 e. The van der Waals surface area contributed by atoms with Crippen molar-refractivity contribution in [3.63, 3.8) is 0 Å². The third-order valence-corrected chi connectivity index (χ3v) is 10.1. The molecule has 199 valence electrons. The standard InChI is InChI=1S/2C14H14P.2CN.CH3.2Au/c2*1-15(2,13-9-5-3-6-10-13)14-11-7-4-8-12-14;2*1-2;;;/h2*3-12H,1-2H2;;;1H3;;/q5*-1;;+3. The Morgan fingerprint density at radius 1 is 0.405 bits per heavy atom. The summed E-state index contributed by atoms with van der Waals surface area (Å²) in [5.74, 6) is 0. The van der Waals surface area contributed by atoms with Crippen LogP contribution in [0.4, 0.5) is 0 Å². The Morgan fingerprint density at radius 2 is 0.541 bits per heavy atom. The van der Waals surface area contributed by atoms with Crippen molar-refractivity contribution in [1.82, 2.24) is 0 Å². The van der Waals surface area contributed by atoms with Gasteiger partial charge in [-0.25, -0.2) is 0 Å². The minimum absolute atomic E-state index is 0. The molecule has 0 amide bonds. The quantitative estimate of drug-likeness (QED) is 0.125. The molecule has 0 saturated carbocycles. The van der Waals surface area contributed by atoms with Gasteiger partial charge in [-0.05, 0) is 48.5 Å². The van der Waals surface area contributed by atoms with E-state index in [0.717, 1.165) is 0 Å². The largest absolute Gasteiger partial charge is 3.00 e. The zero-order valence-corrected chi connectivity index (χ0v) is 26.9. The molecule has 2 nitrogen and oxygen atoms in total. The van der Waals surface area contributed by atoms with Crippen molar-refractivity contribution in [3.8, 4) is 0 Å². The van der Waals surface area contributed by atoms with Crippen molar-refractivity contribution in [2.45, 2.75) is 0 Å². The van der Waals surface area contributed by atoms with Crippen LogP contribution < -0.4 is 21.2 Å². The molecular weight excluding hydrogens is 856 g/mol. The Bertz CT molecular complexity index is 941. The van der Waals surface area contributed by atoms with Crippen molar-refractivity contribution in [2.75, 3.05) is 0 Å². The van der Waals surface area contributed by atoms with Gasteiger partial charge in [-0.15, -0.1) is 0 Å². The first-order valence-electron chi connectivity index (χ1n) is 10.2. The SMILES string of the molecule is [Au+3].[Au].[C-]#N.[C-]#N.[CH2-][P+]([CH2-])(c1ccccc1)c1ccccc1.[CH2-][P+]([CH2-])(c1ccccc1)c1ccccc1.[CH3-]. The molecular formula is C31H31Au2N2P2-2. The van der Waals surface area contributed by atoms with Gasteiger partial charge in [0.2, 0.25) is 0 Å². The molecule has 0 aromatic heterocycles. The summed E-state index contributed by atoms with van der Waals surface area (Å²) in [4.78, 5) is 0. The molecule has 0 aliphatic rings. The van der Waals surface area contributed by atoms with Crippen LogP contribution in [-0.2, 0) is 44.8 Å². The van der Waals surface area contributed by atoms with E-state index in [1.54, 1.807) is 0 Å². The van der Waals surface area contributed by atoms with Crippen molar-refractivity contribution < 1.29 is 44.8 Å². The summed E-state index contributed by atoms with van der Waals surface area (Å²) in [7, 11) is -3.29. The Hall–Kier alpha value is -1.80. The summed E-state index contributed by atoms with van der Waals surface area (Å²) in [6.07, 6.45) is 0. The first kappa shape index (κ1) is 39.7. The molecule has 0 aliphatic carbocycles. The molecule has 4 rings (SSSR count). The maximum atomic E-state index is 6.25. The molecule has 0 N–H and O–H groups in total. The smallest absolute Gasteiger partial charge is 0.512 e. The van der Waals surface area contributed by atoms with Gasteiger partial charge in [-0.1, -0.05) is 72.8 Å². The first-order chi connectivity index (χ1) is 16.4. The summed E-state index contributed by atoms with van der Waals surface area (Å²) in [6.45, 7) is 26.7. The van der Waals surface area contributed by atoms with Gasteiger partial charge in [0.05, 0.1) is 0 Å². The van der Waals surface area contributed by atoms with E-state index in [1.807, 2.05) is 72.8 Å². The average molecular weight is 887 g/mol. The van der Waals surface area contributed by atoms with E-state index >= 15 is 0 Å². The Kier molecular flexibility index (Phi) is 22.7. The molecule has 0 spiro atoms. The zero-order valence-electron chi connectivity index (χ0n) is 20.8. The second-order valence-corrected chi connectivity index (χ2v) is 13.2. The second kappa shape index (κ2) is 21.2. The van der Waals surface area contributed by atoms with Gasteiger partial charge in [0.15, 0.2) is 0 Å². The summed E-state index contributed by atoms with van der Waals surface area (Å²) >= 11 is 0. The van der Waals surface area contributed by atoms with Crippen LogP contribution in [0, 0.1) is 57.8 Å². The van der Waals surface area contributed by atoms with Crippen LogP contribution in [0.1, 0.15) is 0 Å². The number of hydrogen-bond donors (Lipinski definition) is 0. The normalized spacial score (nSPS) is 9.30. The topological polar surface area (TPSA) is 47.6 Å². The molecule has 0 atom stereocenters. The summed E-state index contributed by atoms with van der Waals surface area (Å²) < 4.78 is 0. The van der Waals surface area contributed by atoms with Crippen LogP contribution >= 0.6 is 14.5 Å². The van der Waals surface area contributed by atoms with E-state index < -0.39 is 14.5 Å². The Morgan fingerprint density at radius 3 is 0.676 bits per heavy atom. The second-order valence-electron chi connectivity index (χ2n) is 7.28. The minimum Gasteiger partial charge on any atom is -0.512 e. The van der Waals surface area contributed by atoms with E-state index in [1.165, 1.54) is 21.2 Å². The fraction of sp³-hybridized carbons (Fsp3) is 0. The van der Waals surface area contributed by atoms with Crippen LogP contribution in [0.2, 0.25) is 0 Å². The number of benzene rings is 4. The molecule has 0 fully saturated rings. The molecule has 0 saturated heterocycles. The van der Waals surface area contributed by atoms with E-state index in [4.69, 9.17) is 23.7 Å². The van der Waals surface area contributed by atoms with Gasteiger partial charge in [0, 0.05) is 43.6 Å². The molecule has 0 aliphatic heterocycles. The molecule has 6 heteroatoms. The molecule has 4 aromatic carbocycles. The van der Waals surface area contributed by atoms with Crippen molar-refractivity contribution >= 4 is 35.7 Å². The van der Waals surface area contributed by atoms with E-state index in [0.29, 0.717) is 0 Å². The van der Waals surface area contributed by atoms with E-state index in [9.17, 15) is 0 Å². The summed E-state index contributed by atoms with van der Waals surface area (Å²) in [6, 6.07) is 41.3. The zero-order chi connectivity index (χ0) is 25.5. The third kappa shape index (κ3) is 12.1. The molecule has 1 radical (unpaired) electrons. The molecule has 0 bridgehead atoms. The van der Waals surface area contributed by atoms with Crippen molar-refractivity contribution in [2.24, 2.45) is 0 Å². The van der Waals surface area contributed by atoms with Gasteiger partial charge in [-0.3, -0.25) is 0 Å². The molecule has 4 aromatic rings. The van der Waals surface area contributed by atoms with Crippen LogP contribution in [0.3, 0.4) is 0 Å². The van der Waals surface area contributed by atoms with Gasteiger partial charge < -0.3 is 31.1 Å². The average Bonchev–Trinajstić information content (AvgIpc) is 2.93.